The highest BCUT2D eigenvalue weighted by Gasteiger charge is 2.03. The van der Waals surface area contributed by atoms with Gasteiger partial charge in [0.05, 0.1) is 12.1 Å². The molecule has 0 aliphatic heterocycles. The van der Waals surface area contributed by atoms with E-state index in [0.717, 1.165) is 16.5 Å². The number of aliphatic hydroxyl groups is 1. The van der Waals surface area contributed by atoms with Gasteiger partial charge in [0.15, 0.2) is 0 Å². The number of benzene rings is 2. The summed E-state index contributed by atoms with van der Waals surface area (Å²) in [6.07, 6.45) is 1.73. The van der Waals surface area contributed by atoms with Crippen molar-refractivity contribution in [2.24, 2.45) is 0 Å². The first kappa shape index (κ1) is 11.6. The molecule has 0 atom stereocenters. The van der Waals surface area contributed by atoms with Gasteiger partial charge in [0.2, 0.25) is 0 Å². The molecule has 0 saturated carbocycles. The van der Waals surface area contributed by atoms with E-state index in [2.05, 4.69) is 9.97 Å². The molecule has 0 bridgehead atoms. The van der Waals surface area contributed by atoms with Gasteiger partial charge in [0, 0.05) is 11.6 Å². The first-order chi connectivity index (χ1) is 9.35. The summed E-state index contributed by atoms with van der Waals surface area (Å²) in [7, 11) is 0. The number of rotatable bonds is 3. The quantitative estimate of drug-likeness (QED) is 0.778. The van der Waals surface area contributed by atoms with Gasteiger partial charge in [-0.2, -0.15) is 4.98 Å². The van der Waals surface area contributed by atoms with Crippen LogP contribution in [0.25, 0.3) is 10.9 Å². The highest BCUT2D eigenvalue weighted by Crippen LogP contribution is 2.20. The van der Waals surface area contributed by atoms with Crippen LogP contribution in [0.4, 0.5) is 0 Å². The van der Waals surface area contributed by atoms with Gasteiger partial charge in [0.1, 0.15) is 5.75 Å². The van der Waals surface area contributed by atoms with Crippen LogP contribution in [0.3, 0.4) is 0 Å². The molecular formula is C15H12N2O2. The Morgan fingerprint density at radius 3 is 2.84 bits per heavy atom. The van der Waals surface area contributed by atoms with Crippen molar-refractivity contribution in [1.29, 1.82) is 0 Å². The van der Waals surface area contributed by atoms with E-state index >= 15 is 0 Å². The minimum atomic E-state index is -0.0181. The van der Waals surface area contributed by atoms with Crippen LogP contribution < -0.4 is 4.74 Å². The Labute approximate surface area is 110 Å². The molecule has 3 rings (SSSR count). The fraction of sp³-hybridized carbons (Fsp3) is 0.0667. The number of aromatic nitrogens is 2. The fourth-order valence-electron chi connectivity index (χ4n) is 1.82. The molecule has 0 amide bonds. The molecule has 3 aromatic rings. The maximum absolute atomic E-state index is 9.08. The van der Waals surface area contributed by atoms with Gasteiger partial charge in [-0.15, -0.1) is 0 Å². The Morgan fingerprint density at radius 2 is 1.95 bits per heavy atom. The number of para-hydroxylation sites is 1. The molecule has 94 valence electrons. The molecule has 2 aromatic carbocycles. The van der Waals surface area contributed by atoms with Crippen molar-refractivity contribution < 1.29 is 9.84 Å². The molecule has 0 saturated heterocycles. The second-order valence-corrected chi connectivity index (χ2v) is 4.12. The normalized spacial score (nSPS) is 10.6. The molecule has 19 heavy (non-hydrogen) atoms. The third-order valence-corrected chi connectivity index (χ3v) is 2.76. The van der Waals surface area contributed by atoms with E-state index in [9.17, 15) is 0 Å². The number of aliphatic hydroxyl groups excluding tert-OH is 1. The lowest BCUT2D eigenvalue weighted by Gasteiger charge is -2.05. The number of nitrogens with zero attached hydrogens (tertiary/aromatic N) is 2. The van der Waals surface area contributed by atoms with Crippen LogP contribution in [0.15, 0.2) is 54.7 Å². The molecule has 0 fully saturated rings. The number of hydrogen-bond acceptors (Lipinski definition) is 4. The summed E-state index contributed by atoms with van der Waals surface area (Å²) in [5.41, 5.74) is 1.63. The van der Waals surface area contributed by atoms with E-state index < -0.39 is 0 Å². The Bertz CT molecular complexity index is 713. The van der Waals surface area contributed by atoms with Gasteiger partial charge in [-0.25, -0.2) is 4.98 Å². The Balaban J connectivity index is 1.92. The predicted molar refractivity (Wildman–Crippen MR) is 72.0 cm³/mol. The Hall–Kier alpha value is -2.46. The van der Waals surface area contributed by atoms with Crippen molar-refractivity contribution in [3.63, 3.8) is 0 Å². The molecule has 4 nitrogen and oxygen atoms in total. The standard InChI is InChI=1S/C15H12N2O2/c18-10-11-4-3-6-13(8-11)19-15-16-9-12-5-1-2-7-14(12)17-15/h1-9,18H,10H2. The summed E-state index contributed by atoms with van der Waals surface area (Å²) in [6, 6.07) is 15.2. The minimum absolute atomic E-state index is 0.0181. The molecule has 0 unspecified atom stereocenters. The average molecular weight is 252 g/mol. The highest BCUT2D eigenvalue weighted by atomic mass is 16.5. The molecule has 4 heteroatoms. The zero-order valence-electron chi connectivity index (χ0n) is 10.2. The Kier molecular flexibility index (Phi) is 3.08. The van der Waals surface area contributed by atoms with Gasteiger partial charge in [-0.3, -0.25) is 0 Å². The van der Waals surface area contributed by atoms with Crippen LogP contribution in [0.1, 0.15) is 5.56 Å². The summed E-state index contributed by atoms with van der Waals surface area (Å²) in [6.45, 7) is -0.0181. The maximum atomic E-state index is 9.08. The molecule has 0 radical (unpaired) electrons. The maximum Gasteiger partial charge on any atom is 0.322 e. The van der Waals surface area contributed by atoms with Crippen molar-refractivity contribution >= 4 is 10.9 Å². The van der Waals surface area contributed by atoms with E-state index in [4.69, 9.17) is 9.84 Å². The number of ether oxygens (including phenoxy) is 1. The lowest BCUT2D eigenvalue weighted by atomic mass is 10.2. The van der Waals surface area contributed by atoms with Gasteiger partial charge in [-0.1, -0.05) is 30.3 Å². The molecule has 0 aliphatic carbocycles. The van der Waals surface area contributed by atoms with Crippen LogP contribution in [-0.2, 0) is 6.61 Å². The Morgan fingerprint density at radius 1 is 1.05 bits per heavy atom. The van der Waals surface area contributed by atoms with E-state index in [1.807, 2.05) is 36.4 Å². The fourth-order valence-corrected chi connectivity index (χ4v) is 1.82. The largest absolute Gasteiger partial charge is 0.424 e. The van der Waals surface area contributed by atoms with E-state index in [-0.39, 0.29) is 6.61 Å². The van der Waals surface area contributed by atoms with Crippen LogP contribution in [0, 0.1) is 0 Å². The van der Waals surface area contributed by atoms with Gasteiger partial charge >= 0.3 is 6.01 Å². The van der Waals surface area contributed by atoms with E-state index in [1.165, 1.54) is 0 Å². The van der Waals surface area contributed by atoms with Gasteiger partial charge in [-0.05, 0) is 23.8 Å². The summed E-state index contributed by atoms with van der Waals surface area (Å²) >= 11 is 0. The molecule has 0 aliphatic rings. The van der Waals surface area contributed by atoms with Crippen LogP contribution in [0.2, 0.25) is 0 Å². The topological polar surface area (TPSA) is 55.2 Å². The second-order valence-electron chi connectivity index (χ2n) is 4.12. The third-order valence-electron chi connectivity index (χ3n) is 2.76. The smallest absolute Gasteiger partial charge is 0.322 e. The van der Waals surface area contributed by atoms with E-state index in [1.54, 1.807) is 18.3 Å². The molecule has 1 aromatic heterocycles. The summed E-state index contributed by atoms with van der Waals surface area (Å²) in [5.74, 6) is 0.613. The van der Waals surface area contributed by atoms with Crippen LogP contribution in [0.5, 0.6) is 11.8 Å². The monoisotopic (exact) mass is 252 g/mol. The van der Waals surface area contributed by atoms with Crippen molar-refractivity contribution in [3.8, 4) is 11.8 Å². The zero-order chi connectivity index (χ0) is 13.1. The minimum Gasteiger partial charge on any atom is -0.424 e. The highest BCUT2D eigenvalue weighted by molar-refractivity contribution is 5.77. The van der Waals surface area contributed by atoms with Crippen molar-refractivity contribution in [1.82, 2.24) is 9.97 Å². The molecule has 1 N–H and O–H groups in total. The predicted octanol–water partition coefficient (Wildman–Crippen LogP) is 2.91. The number of fused-ring (bicyclic) bond motifs is 1. The first-order valence-electron chi connectivity index (χ1n) is 5.94. The first-order valence-corrected chi connectivity index (χ1v) is 5.94. The van der Waals surface area contributed by atoms with Crippen LogP contribution >= 0.6 is 0 Å². The SMILES string of the molecule is OCc1cccc(Oc2ncc3ccccc3n2)c1. The van der Waals surface area contributed by atoms with Crippen molar-refractivity contribution in [3.05, 3.63) is 60.3 Å². The lowest BCUT2D eigenvalue weighted by molar-refractivity contribution is 0.281. The van der Waals surface area contributed by atoms with E-state index in [0.29, 0.717) is 11.8 Å². The van der Waals surface area contributed by atoms with Crippen molar-refractivity contribution in [2.75, 3.05) is 0 Å². The van der Waals surface area contributed by atoms with Gasteiger partial charge in [0.25, 0.3) is 0 Å². The molecular weight excluding hydrogens is 240 g/mol. The molecule has 0 spiro atoms. The second kappa shape index (κ2) is 5.04. The summed E-state index contributed by atoms with van der Waals surface area (Å²) in [4.78, 5) is 8.49. The summed E-state index contributed by atoms with van der Waals surface area (Å²) < 4.78 is 5.60. The lowest BCUT2D eigenvalue weighted by Crippen LogP contribution is -1.93. The molecule has 1 heterocycles. The zero-order valence-corrected chi connectivity index (χ0v) is 10.2. The number of hydrogen-bond donors (Lipinski definition) is 1. The van der Waals surface area contributed by atoms with Crippen molar-refractivity contribution in [2.45, 2.75) is 6.61 Å². The van der Waals surface area contributed by atoms with Gasteiger partial charge < -0.3 is 9.84 Å². The average Bonchev–Trinajstić information content (AvgIpc) is 2.47. The third kappa shape index (κ3) is 2.53. The van der Waals surface area contributed by atoms with Crippen LogP contribution in [-0.4, -0.2) is 15.1 Å². The summed E-state index contributed by atoms with van der Waals surface area (Å²) in [5, 5.41) is 10.1.